The summed E-state index contributed by atoms with van der Waals surface area (Å²) in [4.78, 5) is 0. The first-order valence-electron chi connectivity index (χ1n) is 5.72. The Morgan fingerprint density at radius 2 is 2.33 bits per heavy atom. The molecule has 1 atom stereocenters. The minimum Gasteiger partial charge on any atom is -0.497 e. The Hall–Kier alpha value is -1.02. The minimum atomic E-state index is 0.676. The van der Waals surface area contributed by atoms with Crippen molar-refractivity contribution >= 4 is 0 Å². The van der Waals surface area contributed by atoms with Crippen molar-refractivity contribution in [2.75, 3.05) is 20.2 Å². The van der Waals surface area contributed by atoms with E-state index in [1.54, 1.807) is 7.11 Å². The van der Waals surface area contributed by atoms with Gasteiger partial charge in [0.25, 0.3) is 0 Å². The molecule has 0 spiro atoms. The molecule has 82 valence electrons. The number of hydrogen-bond acceptors (Lipinski definition) is 2. The maximum atomic E-state index is 5.27. The fourth-order valence-corrected chi connectivity index (χ4v) is 2.32. The van der Waals surface area contributed by atoms with Gasteiger partial charge in [-0.1, -0.05) is 13.0 Å². The Bertz CT molecular complexity index is 335. The predicted octanol–water partition coefficient (Wildman–Crippen LogP) is 2.33. The summed E-state index contributed by atoms with van der Waals surface area (Å²) < 4.78 is 5.27. The van der Waals surface area contributed by atoms with Crippen LogP contribution in [0.4, 0.5) is 0 Å². The van der Waals surface area contributed by atoms with E-state index in [9.17, 15) is 0 Å². The van der Waals surface area contributed by atoms with Gasteiger partial charge in [0.2, 0.25) is 0 Å². The molecular formula is C13H19NO. The number of ether oxygens (including phenoxy) is 1. The van der Waals surface area contributed by atoms with Crippen LogP contribution in [-0.4, -0.2) is 20.2 Å². The van der Waals surface area contributed by atoms with Crippen molar-refractivity contribution in [3.63, 3.8) is 0 Å². The Labute approximate surface area is 91.6 Å². The molecule has 2 nitrogen and oxygen atoms in total. The van der Waals surface area contributed by atoms with E-state index in [1.807, 2.05) is 0 Å². The van der Waals surface area contributed by atoms with E-state index in [0.717, 1.165) is 18.8 Å². The average Bonchev–Trinajstić information content (AvgIpc) is 2.68. The van der Waals surface area contributed by atoms with Crippen LogP contribution in [0.5, 0.6) is 5.75 Å². The summed E-state index contributed by atoms with van der Waals surface area (Å²) in [5.41, 5.74) is 2.98. The molecule has 0 saturated carbocycles. The van der Waals surface area contributed by atoms with Crippen LogP contribution in [-0.2, 0) is 6.42 Å². The second kappa shape index (κ2) is 4.67. The van der Waals surface area contributed by atoms with E-state index in [4.69, 9.17) is 4.74 Å². The zero-order valence-corrected chi connectivity index (χ0v) is 9.55. The highest BCUT2D eigenvalue weighted by Gasteiger charge is 2.22. The number of benzene rings is 1. The number of rotatable bonds is 4. The third-order valence-electron chi connectivity index (χ3n) is 3.20. The quantitative estimate of drug-likeness (QED) is 0.814. The van der Waals surface area contributed by atoms with Crippen LogP contribution < -0.4 is 10.1 Å². The van der Waals surface area contributed by atoms with Crippen molar-refractivity contribution in [1.29, 1.82) is 0 Å². The summed E-state index contributed by atoms with van der Waals surface area (Å²) in [5.74, 6) is 1.66. The molecule has 0 aromatic heterocycles. The van der Waals surface area contributed by atoms with Crippen molar-refractivity contribution < 1.29 is 4.74 Å². The molecule has 1 aliphatic rings. The molecule has 1 N–H and O–H groups in total. The summed E-state index contributed by atoms with van der Waals surface area (Å²) >= 11 is 0. The van der Waals surface area contributed by atoms with Gasteiger partial charge in [-0.2, -0.15) is 0 Å². The molecule has 0 bridgehead atoms. The van der Waals surface area contributed by atoms with Crippen LogP contribution in [0.2, 0.25) is 0 Å². The lowest BCUT2D eigenvalue weighted by atomic mass is 10.0. The highest BCUT2D eigenvalue weighted by atomic mass is 16.5. The van der Waals surface area contributed by atoms with Crippen molar-refractivity contribution in [1.82, 2.24) is 5.32 Å². The standard InChI is InChI=1S/C13H19NO/c1-3-14-9-11-5-4-10-6-7-12(15-2)8-13(10)11/h6-8,11,14H,3-5,9H2,1-2H3. The number of likely N-dealkylation sites (N-methyl/N-ethyl adjacent to an activating group) is 1. The molecule has 0 aliphatic heterocycles. The average molecular weight is 205 g/mol. The Balaban J connectivity index is 2.16. The second-order valence-electron chi connectivity index (χ2n) is 4.11. The summed E-state index contributed by atoms with van der Waals surface area (Å²) in [6, 6.07) is 6.47. The molecule has 0 fully saturated rings. The largest absolute Gasteiger partial charge is 0.497 e. The van der Waals surface area contributed by atoms with E-state index in [0.29, 0.717) is 5.92 Å². The lowest BCUT2D eigenvalue weighted by molar-refractivity contribution is 0.414. The van der Waals surface area contributed by atoms with Crippen molar-refractivity contribution in [3.8, 4) is 5.75 Å². The van der Waals surface area contributed by atoms with Crippen molar-refractivity contribution in [2.45, 2.75) is 25.7 Å². The van der Waals surface area contributed by atoms with Crippen LogP contribution in [0.15, 0.2) is 18.2 Å². The lowest BCUT2D eigenvalue weighted by Gasteiger charge is -2.12. The minimum absolute atomic E-state index is 0.676. The zero-order valence-electron chi connectivity index (χ0n) is 9.55. The van der Waals surface area contributed by atoms with Gasteiger partial charge in [0, 0.05) is 6.54 Å². The number of aryl methyl sites for hydroxylation is 1. The van der Waals surface area contributed by atoms with Crippen LogP contribution >= 0.6 is 0 Å². The number of fused-ring (bicyclic) bond motifs is 1. The molecule has 1 aromatic rings. The first-order valence-corrected chi connectivity index (χ1v) is 5.72. The highest BCUT2D eigenvalue weighted by molar-refractivity contribution is 5.41. The van der Waals surface area contributed by atoms with Gasteiger partial charge >= 0.3 is 0 Å². The molecular weight excluding hydrogens is 186 g/mol. The number of nitrogens with one attached hydrogen (secondary N) is 1. The zero-order chi connectivity index (χ0) is 10.7. The summed E-state index contributed by atoms with van der Waals surface area (Å²) in [5, 5.41) is 3.43. The Morgan fingerprint density at radius 1 is 1.47 bits per heavy atom. The van der Waals surface area contributed by atoms with E-state index in [1.165, 1.54) is 24.0 Å². The van der Waals surface area contributed by atoms with Gasteiger partial charge in [-0.3, -0.25) is 0 Å². The van der Waals surface area contributed by atoms with Crippen LogP contribution in [0.3, 0.4) is 0 Å². The maximum Gasteiger partial charge on any atom is 0.119 e. The van der Waals surface area contributed by atoms with Gasteiger partial charge in [0.15, 0.2) is 0 Å². The van der Waals surface area contributed by atoms with Crippen LogP contribution in [0.1, 0.15) is 30.4 Å². The smallest absolute Gasteiger partial charge is 0.119 e. The summed E-state index contributed by atoms with van der Waals surface area (Å²) in [6.07, 6.45) is 2.49. The molecule has 1 aliphatic carbocycles. The van der Waals surface area contributed by atoms with Gasteiger partial charge < -0.3 is 10.1 Å². The topological polar surface area (TPSA) is 21.3 Å². The lowest BCUT2D eigenvalue weighted by Crippen LogP contribution is -2.19. The van der Waals surface area contributed by atoms with Crippen LogP contribution in [0, 0.1) is 0 Å². The molecule has 0 amide bonds. The Kier molecular flexibility index (Phi) is 3.27. The van der Waals surface area contributed by atoms with Gasteiger partial charge in [0.1, 0.15) is 5.75 Å². The molecule has 1 unspecified atom stereocenters. The summed E-state index contributed by atoms with van der Waals surface area (Å²) in [6.45, 7) is 4.30. The second-order valence-corrected chi connectivity index (χ2v) is 4.11. The van der Waals surface area contributed by atoms with Gasteiger partial charge in [0.05, 0.1) is 7.11 Å². The molecule has 2 heteroatoms. The first-order chi connectivity index (χ1) is 7.35. The predicted molar refractivity (Wildman–Crippen MR) is 62.6 cm³/mol. The normalized spacial score (nSPS) is 18.9. The third kappa shape index (κ3) is 2.15. The van der Waals surface area contributed by atoms with Gasteiger partial charge in [-0.15, -0.1) is 0 Å². The van der Waals surface area contributed by atoms with E-state index in [2.05, 4.69) is 30.4 Å². The third-order valence-corrected chi connectivity index (χ3v) is 3.20. The van der Waals surface area contributed by atoms with Crippen LogP contribution in [0.25, 0.3) is 0 Å². The fourth-order valence-electron chi connectivity index (χ4n) is 2.32. The summed E-state index contributed by atoms with van der Waals surface area (Å²) in [7, 11) is 1.73. The number of hydrogen-bond donors (Lipinski definition) is 1. The molecule has 1 aromatic carbocycles. The van der Waals surface area contributed by atoms with Gasteiger partial charge in [-0.25, -0.2) is 0 Å². The van der Waals surface area contributed by atoms with E-state index >= 15 is 0 Å². The maximum absolute atomic E-state index is 5.27. The molecule has 0 radical (unpaired) electrons. The first kappa shape index (κ1) is 10.5. The monoisotopic (exact) mass is 205 g/mol. The molecule has 0 heterocycles. The molecule has 2 rings (SSSR count). The molecule has 15 heavy (non-hydrogen) atoms. The number of methoxy groups -OCH3 is 1. The molecule has 0 saturated heterocycles. The van der Waals surface area contributed by atoms with Crippen molar-refractivity contribution in [3.05, 3.63) is 29.3 Å². The fraction of sp³-hybridized carbons (Fsp3) is 0.538. The van der Waals surface area contributed by atoms with E-state index in [-0.39, 0.29) is 0 Å². The van der Waals surface area contributed by atoms with Crippen molar-refractivity contribution in [2.24, 2.45) is 0 Å². The van der Waals surface area contributed by atoms with E-state index < -0.39 is 0 Å². The Morgan fingerprint density at radius 3 is 3.07 bits per heavy atom. The SMILES string of the molecule is CCNCC1CCc2ccc(OC)cc21. The van der Waals surface area contributed by atoms with Gasteiger partial charge in [-0.05, 0) is 48.6 Å². The highest BCUT2D eigenvalue weighted by Crippen LogP contribution is 2.34.